The number of benzene rings is 1. The lowest BCUT2D eigenvalue weighted by Gasteiger charge is -2.09. The lowest BCUT2D eigenvalue weighted by Crippen LogP contribution is -2.06. The number of hydrogen-bond donors (Lipinski definition) is 0. The second-order valence-electron chi connectivity index (χ2n) is 3.39. The van der Waals surface area contributed by atoms with Crippen LogP contribution in [0.5, 0.6) is 0 Å². The Bertz CT molecular complexity index is 503. The largest absolute Gasteiger partial charge is 0.418 e. The molecule has 1 aromatic heterocycles. The van der Waals surface area contributed by atoms with Crippen molar-refractivity contribution >= 4 is 10.9 Å². The highest BCUT2D eigenvalue weighted by atomic mass is 19.4. The van der Waals surface area contributed by atoms with Gasteiger partial charge in [0.2, 0.25) is 0 Å². The maximum atomic E-state index is 12.6. The van der Waals surface area contributed by atoms with Gasteiger partial charge in [0.1, 0.15) is 0 Å². The van der Waals surface area contributed by atoms with E-state index < -0.39 is 11.7 Å². The first-order chi connectivity index (χ1) is 6.98. The summed E-state index contributed by atoms with van der Waals surface area (Å²) in [6.45, 7) is 1.80. The van der Waals surface area contributed by atoms with Gasteiger partial charge in [-0.25, -0.2) is 0 Å². The molecule has 0 aliphatic carbocycles. The third kappa shape index (κ3) is 1.79. The summed E-state index contributed by atoms with van der Waals surface area (Å²) in [5, 5.41) is 0.518. The molecule has 0 bridgehead atoms. The molecule has 0 amide bonds. The number of para-hydroxylation sites is 1. The molecule has 1 nitrogen and oxygen atoms in total. The maximum Gasteiger partial charge on any atom is 0.418 e. The summed E-state index contributed by atoms with van der Waals surface area (Å²) in [6.07, 6.45) is -2.90. The number of hydrogen-bond acceptors (Lipinski definition) is 1. The van der Waals surface area contributed by atoms with E-state index in [2.05, 4.69) is 4.98 Å². The Labute approximate surface area is 84.6 Å². The SMILES string of the molecule is Cc1cnc2c(C(F)(F)F)cccc2c1. The Morgan fingerprint density at radius 1 is 1.20 bits per heavy atom. The summed E-state index contributed by atoms with van der Waals surface area (Å²) >= 11 is 0. The molecule has 2 rings (SSSR count). The van der Waals surface area contributed by atoms with Crippen molar-refractivity contribution in [3.05, 3.63) is 41.6 Å². The molecule has 78 valence electrons. The van der Waals surface area contributed by atoms with Gasteiger partial charge in [-0.3, -0.25) is 4.98 Å². The van der Waals surface area contributed by atoms with Crippen LogP contribution < -0.4 is 0 Å². The van der Waals surface area contributed by atoms with E-state index in [9.17, 15) is 13.2 Å². The second-order valence-corrected chi connectivity index (χ2v) is 3.39. The van der Waals surface area contributed by atoms with Gasteiger partial charge in [-0.1, -0.05) is 12.1 Å². The standard InChI is InChI=1S/C11H8F3N/c1-7-5-8-3-2-4-9(11(12,13)14)10(8)15-6-7/h2-6H,1H3. The Morgan fingerprint density at radius 3 is 2.60 bits per heavy atom. The van der Waals surface area contributed by atoms with Gasteiger partial charge in [-0.2, -0.15) is 13.2 Å². The minimum atomic E-state index is -4.35. The van der Waals surface area contributed by atoms with E-state index in [4.69, 9.17) is 0 Å². The molecule has 0 radical (unpaired) electrons. The fourth-order valence-electron chi connectivity index (χ4n) is 1.50. The van der Waals surface area contributed by atoms with Crippen LogP contribution in [-0.4, -0.2) is 4.98 Å². The molecule has 0 fully saturated rings. The van der Waals surface area contributed by atoms with Gasteiger partial charge in [-0.15, -0.1) is 0 Å². The molecule has 2 aromatic rings. The van der Waals surface area contributed by atoms with Crippen molar-refractivity contribution in [1.29, 1.82) is 0 Å². The first-order valence-electron chi connectivity index (χ1n) is 4.41. The van der Waals surface area contributed by atoms with E-state index in [0.29, 0.717) is 5.39 Å². The smallest absolute Gasteiger partial charge is 0.255 e. The minimum Gasteiger partial charge on any atom is -0.255 e. The van der Waals surface area contributed by atoms with Gasteiger partial charge in [0.25, 0.3) is 0 Å². The Hall–Kier alpha value is -1.58. The molecule has 0 saturated heterocycles. The molecular weight excluding hydrogens is 203 g/mol. The van der Waals surface area contributed by atoms with E-state index in [1.807, 2.05) is 0 Å². The normalized spacial score (nSPS) is 12.0. The molecule has 15 heavy (non-hydrogen) atoms. The molecule has 0 aliphatic heterocycles. The third-order valence-electron chi connectivity index (χ3n) is 2.15. The number of halogens is 3. The highest BCUT2D eigenvalue weighted by molar-refractivity contribution is 5.82. The van der Waals surface area contributed by atoms with Crippen LogP contribution in [0.1, 0.15) is 11.1 Å². The van der Waals surface area contributed by atoms with Crippen LogP contribution in [0.3, 0.4) is 0 Å². The van der Waals surface area contributed by atoms with Crippen molar-refractivity contribution in [2.24, 2.45) is 0 Å². The van der Waals surface area contributed by atoms with Crippen LogP contribution in [0.25, 0.3) is 10.9 Å². The zero-order valence-electron chi connectivity index (χ0n) is 7.97. The van der Waals surface area contributed by atoms with Crippen LogP contribution in [-0.2, 0) is 6.18 Å². The van der Waals surface area contributed by atoms with E-state index in [1.165, 1.54) is 12.3 Å². The summed E-state index contributed by atoms with van der Waals surface area (Å²) in [5.41, 5.74) is 0.178. The van der Waals surface area contributed by atoms with Crippen LogP contribution >= 0.6 is 0 Å². The summed E-state index contributed by atoms with van der Waals surface area (Å²) in [4.78, 5) is 3.83. The highest BCUT2D eigenvalue weighted by Crippen LogP contribution is 2.33. The van der Waals surface area contributed by atoms with E-state index in [1.54, 1.807) is 19.1 Å². The van der Waals surface area contributed by atoms with Gasteiger partial charge in [-0.05, 0) is 24.6 Å². The number of aromatic nitrogens is 1. The lowest BCUT2D eigenvalue weighted by molar-refractivity contribution is -0.136. The van der Waals surface area contributed by atoms with Crippen molar-refractivity contribution in [1.82, 2.24) is 4.98 Å². The van der Waals surface area contributed by atoms with Crippen molar-refractivity contribution in [3.8, 4) is 0 Å². The number of nitrogens with zero attached hydrogens (tertiary/aromatic N) is 1. The van der Waals surface area contributed by atoms with Crippen LogP contribution in [0.4, 0.5) is 13.2 Å². The number of aryl methyl sites for hydroxylation is 1. The second kappa shape index (κ2) is 3.22. The number of alkyl halides is 3. The summed E-state index contributed by atoms with van der Waals surface area (Å²) in [5.74, 6) is 0. The Morgan fingerprint density at radius 2 is 1.93 bits per heavy atom. The number of pyridine rings is 1. The monoisotopic (exact) mass is 211 g/mol. The minimum absolute atomic E-state index is 0.00981. The van der Waals surface area contributed by atoms with Crippen molar-refractivity contribution in [2.75, 3.05) is 0 Å². The average Bonchev–Trinajstić information content (AvgIpc) is 2.15. The zero-order valence-corrected chi connectivity index (χ0v) is 7.97. The van der Waals surface area contributed by atoms with Crippen molar-refractivity contribution in [3.63, 3.8) is 0 Å². The summed E-state index contributed by atoms with van der Waals surface area (Å²) < 4.78 is 37.7. The molecule has 0 unspecified atom stereocenters. The molecule has 1 aromatic carbocycles. The summed E-state index contributed by atoms with van der Waals surface area (Å²) in [6, 6.07) is 5.76. The van der Waals surface area contributed by atoms with Crippen LogP contribution in [0.2, 0.25) is 0 Å². The quantitative estimate of drug-likeness (QED) is 0.649. The molecule has 1 heterocycles. The molecule has 4 heteroatoms. The lowest BCUT2D eigenvalue weighted by atomic mass is 10.1. The Balaban J connectivity index is 2.77. The highest BCUT2D eigenvalue weighted by Gasteiger charge is 2.32. The topological polar surface area (TPSA) is 12.9 Å². The zero-order chi connectivity index (χ0) is 11.1. The van der Waals surface area contributed by atoms with E-state index in [-0.39, 0.29) is 5.52 Å². The van der Waals surface area contributed by atoms with Gasteiger partial charge in [0.05, 0.1) is 11.1 Å². The van der Waals surface area contributed by atoms with E-state index >= 15 is 0 Å². The van der Waals surface area contributed by atoms with Gasteiger partial charge < -0.3 is 0 Å². The van der Waals surface area contributed by atoms with Gasteiger partial charge in [0.15, 0.2) is 0 Å². The first kappa shape index (κ1) is 9.96. The first-order valence-corrected chi connectivity index (χ1v) is 4.41. The number of fused-ring (bicyclic) bond motifs is 1. The van der Waals surface area contributed by atoms with Gasteiger partial charge in [0, 0.05) is 11.6 Å². The Kier molecular flexibility index (Phi) is 2.14. The fraction of sp³-hybridized carbons (Fsp3) is 0.182. The van der Waals surface area contributed by atoms with Gasteiger partial charge >= 0.3 is 6.18 Å². The fourth-order valence-corrected chi connectivity index (χ4v) is 1.50. The van der Waals surface area contributed by atoms with Crippen LogP contribution in [0.15, 0.2) is 30.5 Å². The maximum absolute atomic E-state index is 12.6. The molecule has 0 saturated carbocycles. The molecular formula is C11H8F3N. The molecule has 0 aliphatic rings. The predicted molar refractivity (Wildman–Crippen MR) is 51.5 cm³/mol. The average molecular weight is 211 g/mol. The number of rotatable bonds is 0. The predicted octanol–water partition coefficient (Wildman–Crippen LogP) is 3.56. The van der Waals surface area contributed by atoms with Crippen LogP contribution in [0, 0.1) is 6.92 Å². The van der Waals surface area contributed by atoms with E-state index in [0.717, 1.165) is 11.6 Å². The molecule has 0 N–H and O–H groups in total. The molecule has 0 spiro atoms. The van der Waals surface area contributed by atoms with Crippen molar-refractivity contribution in [2.45, 2.75) is 13.1 Å². The summed E-state index contributed by atoms with van der Waals surface area (Å²) in [7, 11) is 0. The molecule has 0 atom stereocenters. The third-order valence-corrected chi connectivity index (χ3v) is 2.15. The van der Waals surface area contributed by atoms with Crippen molar-refractivity contribution < 1.29 is 13.2 Å².